The van der Waals surface area contributed by atoms with Gasteiger partial charge in [0.05, 0.1) is 37.6 Å². The Hall–Kier alpha value is -0.750. The number of carbonyl (C=O) groups excluding carboxylic acids is 3. The molecule has 0 fully saturated rings. The van der Waals surface area contributed by atoms with Crippen molar-refractivity contribution >= 4 is 29.8 Å². The summed E-state index contributed by atoms with van der Waals surface area (Å²) in [6.07, 6.45) is 0.119. The number of ether oxygens (including phenoxy) is 1. The minimum atomic E-state index is -1.54. The number of benzene rings is 1. The van der Waals surface area contributed by atoms with Gasteiger partial charge in [0, 0.05) is 45.3 Å². The molecule has 40 heavy (non-hydrogen) atoms. The summed E-state index contributed by atoms with van der Waals surface area (Å²) in [7, 11) is 0. The molecule has 0 heterocycles. The van der Waals surface area contributed by atoms with Crippen LogP contribution < -0.4 is 109 Å². The van der Waals surface area contributed by atoms with Crippen molar-refractivity contribution in [2.75, 3.05) is 59.0 Å². The first kappa shape index (κ1) is 43.7. The fourth-order valence-electron chi connectivity index (χ4n) is 3.71. The Morgan fingerprint density at radius 1 is 0.750 bits per heavy atom. The fraction of sp³-hybridized carbons (Fsp3) is 0.522. The zero-order valence-electron chi connectivity index (χ0n) is 23.4. The Morgan fingerprint density at radius 2 is 1.23 bits per heavy atom. The predicted octanol–water partition coefficient (Wildman–Crippen LogP) is -13.7. The van der Waals surface area contributed by atoms with Crippen LogP contribution in [0, 0.1) is 0 Å². The molecular formula is C23H30N3Na3O11. The molecule has 0 aliphatic carbocycles. The number of nitrogens with zero attached hydrogens (tertiary/aromatic N) is 3. The van der Waals surface area contributed by atoms with Gasteiger partial charge in [0.25, 0.3) is 0 Å². The maximum absolute atomic E-state index is 11.4. The molecule has 1 aromatic carbocycles. The van der Waals surface area contributed by atoms with E-state index in [1.54, 1.807) is 24.3 Å². The largest absolute Gasteiger partial charge is 1.00 e. The summed E-state index contributed by atoms with van der Waals surface area (Å²) in [6.45, 7) is -1.66. The van der Waals surface area contributed by atoms with E-state index >= 15 is 0 Å². The molecule has 14 nitrogen and oxygen atoms in total. The van der Waals surface area contributed by atoms with Gasteiger partial charge in [-0.2, -0.15) is 0 Å². The number of rotatable bonds is 20. The molecule has 0 aliphatic rings. The summed E-state index contributed by atoms with van der Waals surface area (Å²) in [5, 5.41) is 52.0. The first-order valence-electron chi connectivity index (χ1n) is 11.3. The van der Waals surface area contributed by atoms with Crippen LogP contribution >= 0.6 is 0 Å². The molecule has 1 aromatic rings. The van der Waals surface area contributed by atoms with Crippen LogP contribution in [0.3, 0.4) is 0 Å². The van der Waals surface area contributed by atoms with Gasteiger partial charge in [-0.05, 0) is 31.0 Å². The second-order valence-corrected chi connectivity index (χ2v) is 8.19. The van der Waals surface area contributed by atoms with Gasteiger partial charge in [0.15, 0.2) is 0 Å². The molecule has 0 saturated carbocycles. The van der Waals surface area contributed by atoms with Gasteiger partial charge in [-0.1, -0.05) is 12.1 Å². The maximum atomic E-state index is 11.4. The minimum absolute atomic E-state index is 0. The maximum Gasteiger partial charge on any atom is 1.00 e. The van der Waals surface area contributed by atoms with Gasteiger partial charge >= 0.3 is 101 Å². The molecule has 2 N–H and O–H groups in total. The summed E-state index contributed by atoms with van der Waals surface area (Å²) in [6, 6.07) is 5.93. The van der Waals surface area contributed by atoms with E-state index in [0.717, 1.165) is 9.80 Å². The van der Waals surface area contributed by atoms with Crippen molar-refractivity contribution in [3.8, 4) is 5.75 Å². The predicted molar refractivity (Wildman–Crippen MR) is 120 cm³/mol. The summed E-state index contributed by atoms with van der Waals surface area (Å²) in [5.41, 5.74) is 0.681. The molecule has 0 radical (unpaired) electrons. The van der Waals surface area contributed by atoms with Crippen molar-refractivity contribution in [2.45, 2.75) is 19.4 Å². The van der Waals surface area contributed by atoms with Crippen LogP contribution in [0.1, 0.15) is 12.5 Å². The molecule has 1 rings (SSSR count). The van der Waals surface area contributed by atoms with Crippen LogP contribution in [-0.4, -0.2) is 120 Å². The average Bonchev–Trinajstić information content (AvgIpc) is 2.76. The molecule has 0 aliphatic heterocycles. The van der Waals surface area contributed by atoms with Crippen molar-refractivity contribution in [2.24, 2.45) is 0 Å². The Labute approximate surface area is 298 Å². The molecule has 0 spiro atoms. The van der Waals surface area contributed by atoms with Crippen LogP contribution in [0.5, 0.6) is 5.75 Å². The van der Waals surface area contributed by atoms with E-state index in [2.05, 4.69) is 0 Å². The Kier molecular flexibility index (Phi) is 26.0. The van der Waals surface area contributed by atoms with Crippen LogP contribution in [0.4, 0.5) is 0 Å². The molecular weight excluding hydrogens is 563 g/mol. The summed E-state index contributed by atoms with van der Waals surface area (Å²) >= 11 is 0. The van der Waals surface area contributed by atoms with Crippen LogP contribution in [0.25, 0.3) is 0 Å². The van der Waals surface area contributed by atoms with E-state index in [-0.39, 0.29) is 115 Å². The standard InChI is InChI=1S/C23H33N3O11.3Na/c1-2-37-18-5-3-16(4-6-18)9-17(26(14-22(33)34)15-23(35)36)10-24(11-19(27)28)7-8-25(12-20(29)30)13-21(31)32;;;/h3-6,17H,2,7-15H2,1H3,(H,27,28)(H,29,30)(H,31,32)(H,33,34)(H,35,36);;;/q;3*+1/p-3. The summed E-state index contributed by atoms with van der Waals surface area (Å²) in [4.78, 5) is 59.6. The van der Waals surface area contributed by atoms with Crippen molar-refractivity contribution in [1.29, 1.82) is 0 Å². The summed E-state index contributed by atoms with van der Waals surface area (Å²) in [5.74, 6) is -6.58. The third kappa shape index (κ3) is 20.2. The second-order valence-electron chi connectivity index (χ2n) is 8.19. The monoisotopic (exact) mass is 593 g/mol. The molecule has 1 unspecified atom stereocenters. The van der Waals surface area contributed by atoms with Gasteiger partial charge in [-0.25, -0.2) is 0 Å². The van der Waals surface area contributed by atoms with Crippen LogP contribution in [0.2, 0.25) is 0 Å². The number of hydrogen-bond donors (Lipinski definition) is 2. The molecule has 17 heteroatoms. The van der Waals surface area contributed by atoms with Crippen molar-refractivity contribution < 1.29 is 143 Å². The van der Waals surface area contributed by atoms with E-state index in [4.69, 9.17) is 9.84 Å². The van der Waals surface area contributed by atoms with Gasteiger partial charge in [0.1, 0.15) is 5.75 Å². The Bertz CT molecular complexity index is 906. The second kappa shape index (κ2) is 23.8. The Balaban J connectivity index is -0.00000456. The molecule has 1 atom stereocenters. The normalized spacial score (nSPS) is 11.1. The van der Waals surface area contributed by atoms with Crippen LogP contribution in [-0.2, 0) is 30.4 Å². The Morgan fingerprint density at radius 3 is 1.68 bits per heavy atom. The molecule has 0 bridgehead atoms. The SMILES string of the molecule is CCOc1ccc(CC(CN(CCN(CC(=O)[O-])CC(=O)O)CC(=O)[O-])N(CC(=O)[O-])CC(=O)O)cc1.[Na+].[Na+].[Na+]. The molecule has 206 valence electrons. The quantitative estimate of drug-likeness (QED) is 0.134. The minimum Gasteiger partial charge on any atom is -0.549 e. The molecule has 0 aromatic heterocycles. The van der Waals surface area contributed by atoms with Crippen molar-refractivity contribution in [3.05, 3.63) is 29.8 Å². The van der Waals surface area contributed by atoms with Gasteiger partial charge < -0.3 is 44.7 Å². The van der Waals surface area contributed by atoms with Gasteiger partial charge in [-0.3, -0.25) is 24.3 Å². The van der Waals surface area contributed by atoms with E-state index < -0.39 is 68.6 Å². The van der Waals surface area contributed by atoms with E-state index in [1.807, 2.05) is 6.92 Å². The van der Waals surface area contributed by atoms with Gasteiger partial charge in [-0.15, -0.1) is 0 Å². The smallest absolute Gasteiger partial charge is 0.549 e. The van der Waals surface area contributed by atoms with Crippen molar-refractivity contribution in [1.82, 2.24) is 14.7 Å². The first-order chi connectivity index (χ1) is 17.4. The number of hydrogen-bond acceptors (Lipinski definition) is 12. The summed E-state index contributed by atoms with van der Waals surface area (Å²) < 4.78 is 5.39. The van der Waals surface area contributed by atoms with Crippen molar-refractivity contribution in [3.63, 3.8) is 0 Å². The number of aliphatic carboxylic acids is 5. The molecule has 0 saturated heterocycles. The van der Waals surface area contributed by atoms with E-state index in [1.165, 1.54) is 4.90 Å². The van der Waals surface area contributed by atoms with Gasteiger partial charge in [0.2, 0.25) is 0 Å². The number of carboxylic acid groups (broad SMARTS) is 5. The third-order valence-electron chi connectivity index (χ3n) is 5.16. The van der Waals surface area contributed by atoms with E-state index in [0.29, 0.717) is 17.9 Å². The zero-order valence-corrected chi connectivity index (χ0v) is 29.4. The third-order valence-corrected chi connectivity index (χ3v) is 5.16. The molecule has 0 amide bonds. The van der Waals surface area contributed by atoms with Crippen LogP contribution in [0.15, 0.2) is 24.3 Å². The van der Waals surface area contributed by atoms with E-state index in [9.17, 15) is 44.4 Å². The number of carbonyl (C=O) groups is 5. The number of carboxylic acids is 5. The zero-order chi connectivity index (χ0) is 28.0. The average molecular weight is 593 g/mol. The fourth-order valence-corrected chi connectivity index (χ4v) is 3.71. The first-order valence-corrected chi connectivity index (χ1v) is 11.3. The topological polar surface area (TPSA) is 214 Å².